The minimum atomic E-state index is -1.08. The monoisotopic (exact) mass is 257 g/mol. The van der Waals surface area contributed by atoms with Crippen molar-refractivity contribution in [2.45, 2.75) is 0 Å². The molecule has 0 saturated heterocycles. The summed E-state index contributed by atoms with van der Waals surface area (Å²) in [5.74, 6) is -1.08. The van der Waals surface area contributed by atoms with Crippen molar-refractivity contribution in [2.24, 2.45) is 0 Å². The molecule has 3 aromatic rings. The topological polar surface area (TPSA) is 67.5 Å². The molecule has 6 heteroatoms. The standard InChI is InChI=1S/C13H8FN3O2/c14-9-6-4-8(5-7-9)12-15-11-3-1-2-10(13(18)19)17(11)16-12/h1-7H,(H,18,19). The third kappa shape index (κ3) is 1.93. The van der Waals surface area contributed by atoms with Crippen molar-refractivity contribution in [3.05, 3.63) is 54.0 Å². The van der Waals surface area contributed by atoms with Crippen LogP contribution in [0.4, 0.5) is 4.39 Å². The number of aromatic carboxylic acids is 1. The Morgan fingerprint density at radius 2 is 1.89 bits per heavy atom. The van der Waals surface area contributed by atoms with E-state index in [2.05, 4.69) is 10.1 Å². The fourth-order valence-electron chi connectivity index (χ4n) is 1.79. The highest BCUT2D eigenvalue weighted by Gasteiger charge is 2.12. The predicted octanol–water partition coefficient (Wildman–Crippen LogP) is 2.23. The van der Waals surface area contributed by atoms with Crippen molar-refractivity contribution in [3.8, 4) is 11.4 Å². The number of hydrogen-bond donors (Lipinski definition) is 1. The number of benzene rings is 1. The van der Waals surface area contributed by atoms with Crippen LogP contribution < -0.4 is 0 Å². The number of carboxylic acids is 1. The van der Waals surface area contributed by atoms with Gasteiger partial charge in [-0.1, -0.05) is 6.07 Å². The van der Waals surface area contributed by atoms with Crippen molar-refractivity contribution in [2.75, 3.05) is 0 Å². The van der Waals surface area contributed by atoms with Gasteiger partial charge in [-0.3, -0.25) is 0 Å². The number of hydrogen-bond acceptors (Lipinski definition) is 3. The molecule has 0 unspecified atom stereocenters. The van der Waals surface area contributed by atoms with E-state index in [0.717, 1.165) is 0 Å². The van der Waals surface area contributed by atoms with Gasteiger partial charge >= 0.3 is 5.97 Å². The first-order chi connectivity index (χ1) is 9.15. The van der Waals surface area contributed by atoms with Crippen LogP contribution in [0.5, 0.6) is 0 Å². The van der Waals surface area contributed by atoms with Gasteiger partial charge in [0.15, 0.2) is 17.2 Å². The molecular weight excluding hydrogens is 249 g/mol. The number of rotatable bonds is 2. The number of carbonyl (C=O) groups is 1. The molecule has 2 aromatic heterocycles. The SMILES string of the molecule is O=C(O)c1cccc2nc(-c3ccc(F)cc3)nn12. The van der Waals surface area contributed by atoms with Crippen molar-refractivity contribution >= 4 is 11.6 Å². The largest absolute Gasteiger partial charge is 0.477 e. The Kier molecular flexibility index (Phi) is 2.49. The van der Waals surface area contributed by atoms with Crippen LogP contribution in [0, 0.1) is 5.82 Å². The lowest BCUT2D eigenvalue weighted by molar-refractivity contribution is 0.0687. The van der Waals surface area contributed by atoms with E-state index in [1.165, 1.54) is 22.7 Å². The Morgan fingerprint density at radius 3 is 2.58 bits per heavy atom. The third-order valence-electron chi connectivity index (χ3n) is 2.68. The molecule has 0 saturated carbocycles. The van der Waals surface area contributed by atoms with Gasteiger partial charge in [-0.2, -0.15) is 0 Å². The second-order valence-electron chi connectivity index (χ2n) is 3.93. The van der Waals surface area contributed by atoms with Crippen molar-refractivity contribution in [1.82, 2.24) is 14.6 Å². The van der Waals surface area contributed by atoms with Crippen LogP contribution in [-0.2, 0) is 0 Å². The van der Waals surface area contributed by atoms with Gasteiger partial charge < -0.3 is 5.11 Å². The summed E-state index contributed by atoms with van der Waals surface area (Å²) in [4.78, 5) is 15.3. The molecule has 94 valence electrons. The van der Waals surface area contributed by atoms with Gasteiger partial charge in [-0.25, -0.2) is 18.7 Å². The molecule has 0 radical (unpaired) electrons. The van der Waals surface area contributed by atoms with Gasteiger partial charge in [-0.05, 0) is 36.4 Å². The first-order valence-electron chi connectivity index (χ1n) is 5.50. The summed E-state index contributed by atoms with van der Waals surface area (Å²) in [6.45, 7) is 0. The fourth-order valence-corrected chi connectivity index (χ4v) is 1.79. The van der Waals surface area contributed by atoms with Crippen LogP contribution >= 0.6 is 0 Å². The Hall–Kier alpha value is -2.76. The van der Waals surface area contributed by atoms with Crippen molar-refractivity contribution < 1.29 is 14.3 Å². The number of fused-ring (bicyclic) bond motifs is 1. The number of carboxylic acid groups (broad SMARTS) is 1. The highest BCUT2D eigenvalue weighted by Crippen LogP contribution is 2.17. The zero-order valence-electron chi connectivity index (χ0n) is 9.62. The van der Waals surface area contributed by atoms with Crippen LogP contribution in [0.15, 0.2) is 42.5 Å². The van der Waals surface area contributed by atoms with E-state index in [4.69, 9.17) is 5.11 Å². The molecule has 0 aliphatic rings. The summed E-state index contributed by atoms with van der Waals surface area (Å²) < 4.78 is 14.1. The number of halogens is 1. The molecule has 0 atom stereocenters. The lowest BCUT2D eigenvalue weighted by Gasteiger charge is -1.96. The fraction of sp³-hybridized carbons (Fsp3) is 0. The Labute approximate surface area is 107 Å². The van der Waals surface area contributed by atoms with E-state index in [1.807, 2.05) is 0 Å². The molecule has 19 heavy (non-hydrogen) atoms. The normalized spacial score (nSPS) is 10.8. The quantitative estimate of drug-likeness (QED) is 0.764. The smallest absolute Gasteiger partial charge is 0.354 e. The third-order valence-corrected chi connectivity index (χ3v) is 2.68. The van der Waals surface area contributed by atoms with E-state index >= 15 is 0 Å². The lowest BCUT2D eigenvalue weighted by Crippen LogP contribution is -2.05. The molecule has 0 bridgehead atoms. The molecule has 1 aromatic carbocycles. The first kappa shape index (κ1) is 11.3. The molecule has 0 amide bonds. The maximum atomic E-state index is 12.9. The molecule has 1 N–H and O–H groups in total. The molecule has 0 spiro atoms. The molecule has 5 nitrogen and oxygen atoms in total. The number of pyridine rings is 1. The minimum absolute atomic E-state index is 0.0263. The van der Waals surface area contributed by atoms with E-state index in [1.54, 1.807) is 24.3 Å². The van der Waals surface area contributed by atoms with Crippen LogP contribution in [0.1, 0.15) is 10.5 Å². The minimum Gasteiger partial charge on any atom is -0.477 e. The average Bonchev–Trinajstić information content (AvgIpc) is 2.82. The zero-order valence-corrected chi connectivity index (χ0v) is 9.62. The van der Waals surface area contributed by atoms with Gasteiger partial charge in [-0.15, -0.1) is 5.10 Å². The Morgan fingerprint density at radius 1 is 1.16 bits per heavy atom. The van der Waals surface area contributed by atoms with E-state index < -0.39 is 5.97 Å². The Balaban J connectivity index is 2.19. The summed E-state index contributed by atoms with van der Waals surface area (Å²) in [5.41, 5.74) is 1.08. The van der Waals surface area contributed by atoms with Gasteiger partial charge in [0.05, 0.1) is 0 Å². The van der Waals surface area contributed by atoms with Gasteiger partial charge in [0.25, 0.3) is 0 Å². The van der Waals surface area contributed by atoms with Gasteiger partial charge in [0, 0.05) is 5.56 Å². The first-order valence-corrected chi connectivity index (χ1v) is 5.50. The van der Waals surface area contributed by atoms with Crippen LogP contribution in [-0.4, -0.2) is 25.7 Å². The maximum Gasteiger partial charge on any atom is 0.354 e. The highest BCUT2D eigenvalue weighted by molar-refractivity contribution is 5.86. The molecule has 0 aliphatic heterocycles. The highest BCUT2D eigenvalue weighted by atomic mass is 19.1. The molecule has 3 rings (SSSR count). The average molecular weight is 257 g/mol. The zero-order chi connectivity index (χ0) is 13.4. The molecular formula is C13H8FN3O2. The van der Waals surface area contributed by atoms with E-state index in [9.17, 15) is 9.18 Å². The van der Waals surface area contributed by atoms with E-state index in [-0.39, 0.29) is 11.5 Å². The Bertz CT molecular complexity index is 765. The van der Waals surface area contributed by atoms with E-state index in [0.29, 0.717) is 17.0 Å². The number of aromatic nitrogens is 3. The van der Waals surface area contributed by atoms with Gasteiger partial charge in [0.1, 0.15) is 5.82 Å². The predicted molar refractivity (Wildman–Crippen MR) is 65.3 cm³/mol. The maximum absolute atomic E-state index is 12.9. The van der Waals surface area contributed by atoms with Crippen LogP contribution in [0.25, 0.3) is 17.0 Å². The summed E-state index contributed by atoms with van der Waals surface area (Å²) in [6, 6.07) is 10.4. The number of nitrogens with zero attached hydrogens (tertiary/aromatic N) is 3. The summed E-state index contributed by atoms with van der Waals surface area (Å²) in [7, 11) is 0. The molecule has 0 fully saturated rings. The van der Waals surface area contributed by atoms with Gasteiger partial charge in [0.2, 0.25) is 0 Å². The summed E-state index contributed by atoms with van der Waals surface area (Å²) >= 11 is 0. The van der Waals surface area contributed by atoms with Crippen molar-refractivity contribution in [1.29, 1.82) is 0 Å². The van der Waals surface area contributed by atoms with Crippen molar-refractivity contribution in [3.63, 3.8) is 0 Å². The summed E-state index contributed by atoms with van der Waals surface area (Å²) in [6.07, 6.45) is 0. The van der Waals surface area contributed by atoms with Crippen LogP contribution in [0.3, 0.4) is 0 Å². The second kappa shape index (κ2) is 4.16. The lowest BCUT2D eigenvalue weighted by atomic mass is 10.2. The molecule has 2 heterocycles. The molecule has 0 aliphatic carbocycles. The van der Waals surface area contributed by atoms with Crippen LogP contribution in [0.2, 0.25) is 0 Å². The summed E-state index contributed by atoms with van der Waals surface area (Å²) in [5, 5.41) is 13.2. The second-order valence-corrected chi connectivity index (χ2v) is 3.93.